The summed E-state index contributed by atoms with van der Waals surface area (Å²) in [6, 6.07) is 7.67. The predicted octanol–water partition coefficient (Wildman–Crippen LogP) is 2.85. The highest BCUT2D eigenvalue weighted by Crippen LogP contribution is 2.19. The number of aromatic nitrogens is 3. The molecule has 7 heteroatoms. The molecule has 140 valence electrons. The average molecular weight is 377 g/mol. The van der Waals surface area contributed by atoms with Gasteiger partial charge in [-0.05, 0) is 42.9 Å². The molecule has 0 unspecified atom stereocenters. The van der Waals surface area contributed by atoms with Gasteiger partial charge in [0.25, 0.3) is 0 Å². The predicted molar refractivity (Wildman–Crippen MR) is 99.7 cm³/mol. The summed E-state index contributed by atoms with van der Waals surface area (Å²) in [6.45, 7) is 4.98. The smallest absolute Gasteiger partial charge is 0.223 e. The van der Waals surface area contributed by atoms with E-state index in [1.165, 1.54) is 0 Å². The van der Waals surface area contributed by atoms with Gasteiger partial charge in [-0.2, -0.15) is 0 Å². The van der Waals surface area contributed by atoms with Crippen LogP contribution in [0.4, 0.5) is 0 Å². The second-order valence-electron chi connectivity index (χ2n) is 7.15. The van der Waals surface area contributed by atoms with Crippen molar-refractivity contribution in [3.8, 4) is 0 Å². The highest BCUT2D eigenvalue weighted by molar-refractivity contribution is 6.30. The fourth-order valence-electron chi connectivity index (χ4n) is 3.10. The molecule has 0 saturated carbocycles. The Morgan fingerprint density at radius 3 is 2.85 bits per heavy atom. The maximum Gasteiger partial charge on any atom is 0.223 e. The minimum Gasteiger partial charge on any atom is -0.357 e. The van der Waals surface area contributed by atoms with Crippen LogP contribution in [0.3, 0.4) is 0 Å². The number of aryl methyl sites for hydroxylation is 1. The van der Waals surface area contributed by atoms with Crippen molar-refractivity contribution in [2.24, 2.45) is 11.8 Å². The second kappa shape index (κ2) is 8.64. The van der Waals surface area contributed by atoms with Gasteiger partial charge in [-0.15, -0.1) is 5.10 Å². The van der Waals surface area contributed by atoms with Gasteiger partial charge in [0, 0.05) is 10.9 Å². The van der Waals surface area contributed by atoms with E-state index in [0.717, 1.165) is 24.1 Å². The van der Waals surface area contributed by atoms with E-state index in [1.54, 1.807) is 10.9 Å². The number of carbonyl (C=O) groups is 1. The van der Waals surface area contributed by atoms with Crippen LogP contribution in [0.1, 0.15) is 31.5 Å². The third-order valence-corrected chi connectivity index (χ3v) is 5.11. The Balaban J connectivity index is 1.81. The molecule has 1 aromatic heterocycles. The van der Waals surface area contributed by atoms with Crippen LogP contribution >= 0.6 is 11.6 Å². The quantitative estimate of drug-likeness (QED) is 0.894. The van der Waals surface area contributed by atoms with Crippen LogP contribution in [-0.2, 0) is 29.1 Å². The highest BCUT2D eigenvalue weighted by Gasteiger charge is 2.25. The number of amides is 1. The number of rotatable bonds is 3. The first-order valence-electron chi connectivity index (χ1n) is 9.03. The van der Waals surface area contributed by atoms with Crippen LogP contribution in [-0.4, -0.2) is 33.5 Å². The summed E-state index contributed by atoms with van der Waals surface area (Å²) in [7, 11) is 0. The summed E-state index contributed by atoms with van der Waals surface area (Å²) in [5.74, 6) is 0.230. The summed E-state index contributed by atoms with van der Waals surface area (Å²) in [5.41, 5.74) is 2.09. The van der Waals surface area contributed by atoms with Crippen molar-refractivity contribution in [3.05, 3.63) is 46.7 Å². The standard InChI is InChI=1S/C19H25ClN4O2/c1-13(2)18-11-26-12-24-17(10-21-23-24)8-5-15(19(25)22-18)9-14-3-6-16(20)7-4-14/h3-4,6-7,10,13,15,18H,5,8-9,11-12H2,1-2H3,(H,22,25)/t15-,18-/m1/s1. The van der Waals surface area contributed by atoms with Gasteiger partial charge in [0.15, 0.2) is 0 Å². The number of nitrogens with zero attached hydrogens (tertiary/aromatic N) is 3. The number of fused-ring (bicyclic) bond motifs is 1. The normalized spacial score (nSPS) is 21.8. The zero-order valence-electron chi connectivity index (χ0n) is 15.2. The summed E-state index contributed by atoms with van der Waals surface area (Å²) in [5, 5.41) is 12.0. The van der Waals surface area contributed by atoms with Crippen molar-refractivity contribution in [1.82, 2.24) is 20.3 Å². The molecule has 0 aliphatic carbocycles. The fraction of sp³-hybridized carbons (Fsp3) is 0.526. The summed E-state index contributed by atoms with van der Waals surface area (Å²) < 4.78 is 7.54. The molecule has 0 radical (unpaired) electrons. The molecule has 1 aromatic carbocycles. The van der Waals surface area contributed by atoms with Crippen molar-refractivity contribution in [3.63, 3.8) is 0 Å². The molecular weight excluding hydrogens is 352 g/mol. The van der Waals surface area contributed by atoms with Gasteiger partial charge in [-0.25, -0.2) is 4.68 Å². The maximum atomic E-state index is 12.9. The zero-order valence-corrected chi connectivity index (χ0v) is 15.9. The van der Waals surface area contributed by atoms with E-state index >= 15 is 0 Å². The molecule has 3 rings (SSSR count). The molecule has 1 N–H and O–H groups in total. The van der Waals surface area contributed by atoms with Crippen LogP contribution in [0, 0.1) is 11.8 Å². The summed E-state index contributed by atoms with van der Waals surface area (Å²) >= 11 is 5.98. The van der Waals surface area contributed by atoms with Gasteiger partial charge in [0.05, 0.1) is 24.5 Å². The van der Waals surface area contributed by atoms with E-state index in [2.05, 4.69) is 29.5 Å². The van der Waals surface area contributed by atoms with E-state index in [-0.39, 0.29) is 23.8 Å². The molecule has 0 spiro atoms. The summed E-state index contributed by atoms with van der Waals surface area (Å²) in [6.07, 6.45) is 3.88. The molecule has 1 aliphatic rings. The van der Waals surface area contributed by atoms with Crippen molar-refractivity contribution < 1.29 is 9.53 Å². The minimum atomic E-state index is -0.126. The van der Waals surface area contributed by atoms with E-state index in [4.69, 9.17) is 16.3 Å². The number of hydrogen-bond donors (Lipinski definition) is 1. The monoisotopic (exact) mass is 376 g/mol. The van der Waals surface area contributed by atoms with Crippen molar-refractivity contribution >= 4 is 17.5 Å². The molecule has 2 atom stereocenters. The molecule has 2 aromatic rings. The number of halogens is 1. The molecule has 1 aliphatic heterocycles. The largest absolute Gasteiger partial charge is 0.357 e. The number of ether oxygens (including phenoxy) is 1. The SMILES string of the molecule is CC(C)[C@H]1COCn2nncc2CC[C@H](Cc2ccc(Cl)cc2)C(=O)N1. The van der Waals surface area contributed by atoms with E-state index < -0.39 is 0 Å². The summed E-state index contributed by atoms with van der Waals surface area (Å²) in [4.78, 5) is 12.9. The first-order chi connectivity index (χ1) is 12.5. The lowest BCUT2D eigenvalue weighted by molar-refractivity contribution is -0.126. The Kier molecular flexibility index (Phi) is 6.27. The molecule has 6 nitrogen and oxygen atoms in total. The number of hydrogen-bond acceptors (Lipinski definition) is 4. The fourth-order valence-corrected chi connectivity index (χ4v) is 3.23. The maximum absolute atomic E-state index is 12.9. The van der Waals surface area contributed by atoms with Crippen LogP contribution in [0.5, 0.6) is 0 Å². The molecule has 0 saturated heterocycles. The average Bonchev–Trinajstić information content (AvgIpc) is 3.05. The molecular formula is C19H25ClN4O2. The number of benzene rings is 1. The van der Waals surface area contributed by atoms with E-state index in [1.807, 2.05) is 24.3 Å². The van der Waals surface area contributed by atoms with Crippen molar-refractivity contribution in [2.75, 3.05) is 6.61 Å². The highest BCUT2D eigenvalue weighted by atomic mass is 35.5. The lowest BCUT2D eigenvalue weighted by Gasteiger charge is -2.25. The third-order valence-electron chi connectivity index (χ3n) is 4.86. The van der Waals surface area contributed by atoms with Crippen molar-refractivity contribution in [1.29, 1.82) is 0 Å². The first kappa shape index (κ1) is 18.9. The number of nitrogens with one attached hydrogen (secondary N) is 1. The zero-order chi connectivity index (χ0) is 18.5. The van der Waals surface area contributed by atoms with Gasteiger partial charge in [0.2, 0.25) is 5.91 Å². The van der Waals surface area contributed by atoms with Gasteiger partial charge in [-0.3, -0.25) is 4.79 Å². The lowest BCUT2D eigenvalue weighted by atomic mass is 9.92. The molecule has 0 bridgehead atoms. The number of carbonyl (C=O) groups excluding carboxylic acids is 1. The molecule has 2 heterocycles. The van der Waals surface area contributed by atoms with Gasteiger partial charge in [0.1, 0.15) is 6.73 Å². The molecule has 1 amide bonds. The van der Waals surface area contributed by atoms with Gasteiger partial charge in [-0.1, -0.05) is 42.8 Å². The Bertz CT molecular complexity index is 729. The van der Waals surface area contributed by atoms with E-state index in [9.17, 15) is 4.79 Å². The van der Waals surface area contributed by atoms with Crippen LogP contribution in [0.2, 0.25) is 5.02 Å². The van der Waals surface area contributed by atoms with E-state index in [0.29, 0.717) is 24.8 Å². The van der Waals surface area contributed by atoms with Crippen molar-refractivity contribution in [2.45, 2.75) is 45.9 Å². The Hall–Kier alpha value is -1.92. The first-order valence-corrected chi connectivity index (χ1v) is 9.40. The topological polar surface area (TPSA) is 69.0 Å². The molecule has 0 fully saturated rings. The Morgan fingerprint density at radius 2 is 2.12 bits per heavy atom. The molecule has 26 heavy (non-hydrogen) atoms. The lowest BCUT2D eigenvalue weighted by Crippen LogP contribution is -2.45. The van der Waals surface area contributed by atoms with Gasteiger partial charge < -0.3 is 10.1 Å². The van der Waals surface area contributed by atoms with Crippen LogP contribution < -0.4 is 5.32 Å². The van der Waals surface area contributed by atoms with Crippen LogP contribution in [0.15, 0.2) is 30.5 Å². The van der Waals surface area contributed by atoms with Crippen LogP contribution in [0.25, 0.3) is 0 Å². The van der Waals surface area contributed by atoms with Gasteiger partial charge >= 0.3 is 0 Å². The Labute approximate surface area is 158 Å². The third kappa shape index (κ3) is 4.83. The second-order valence-corrected chi connectivity index (χ2v) is 7.59. The minimum absolute atomic E-state index is 0.0275. The Morgan fingerprint density at radius 1 is 1.35 bits per heavy atom.